The van der Waals surface area contributed by atoms with Crippen LogP contribution in [0, 0.1) is 12.7 Å². The van der Waals surface area contributed by atoms with E-state index in [9.17, 15) is 4.39 Å². The summed E-state index contributed by atoms with van der Waals surface area (Å²) in [5.41, 5.74) is 9.13. The molecule has 0 aliphatic rings. The first-order valence-electron chi connectivity index (χ1n) is 5.93. The van der Waals surface area contributed by atoms with E-state index < -0.39 is 0 Å². The molecule has 0 spiro atoms. The molecule has 0 saturated heterocycles. The molecule has 1 unspecified atom stereocenters. The monoisotopic (exact) mass is 341 g/mol. The van der Waals surface area contributed by atoms with Crippen molar-refractivity contribution in [3.05, 3.63) is 68.4 Å². The van der Waals surface area contributed by atoms with E-state index in [0.29, 0.717) is 11.4 Å². The lowest BCUT2D eigenvalue weighted by Crippen LogP contribution is -2.14. The van der Waals surface area contributed by atoms with Crippen molar-refractivity contribution < 1.29 is 4.39 Å². The van der Waals surface area contributed by atoms with Crippen LogP contribution in [0.2, 0.25) is 5.02 Å². The smallest absolute Gasteiger partial charge is 0.123 e. The van der Waals surface area contributed by atoms with Crippen molar-refractivity contribution in [3.8, 4) is 0 Å². The van der Waals surface area contributed by atoms with Crippen LogP contribution in [0.4, 0.5) is 4.39 Å². The summed E-state index contributed by atoms with van der Waals surface area (Å²) >= 11 is 9.33. The van der Waals surface area contributed by atoms with Gasteiger partial charge < -0.3 is 5.73 Å². The van der Waals surface area contributed by atoms with Crippen molar-refractivity contribution in [1.29, 1.82) is 0 Å². The van der Waals surface area contributed by atoms with Gasteiger partial charge in [0, 0.05) is 10.5 Å². The van der Waals surface area contributed by atoms with Gasteiger partial charge in [0.05, 0.1) is 5.02 Å². The molecule has 1 atom stereocenters. The Morgan fingerprint density at radius 3 is 2.68 bits per heavy atom. The quantitative estimate of drug-likeness (QED) is 0.852. The Kier molecular flexibility index (Phi) is 4.61. The van der Waals surface area contributed by atoms with E-state index in [-0.39, 0.29) is 11.9 Å². The fraction of sp³-hybridized carbons (Fsp3) is 0.200. The van der Waals surface area contributed by atoms with Crippen molar-refractivity contribution in [2.24, 2.45) is 5.73 Å². The number of benzene rings is 2. The second-order valence-corrected chi connectivity index (χ2v) is 5.82. The van der Waals surface area contributed by atoms with E-state index in [1.165, 1.54) is 6.07 Å². The van der Waals surface area contributed by atoms with E-state index in [2.05, 4.69) is 15.9 Å². The third-order valence-corrected chi connectivity index (χ3v) is 4.34. The largest absolute Gasteiger partial charge is 0.324 e. The number of hydrogen-bond donors (Lipinski definition) is 1. The van der Waals surface area contributed by atoms with Crippen LogP contribution >= 0.6 is 27.5 Å². The number of nitrogens with two attached hydrogens (primary N) is 1. The Morgan fingerprint density at radius 2 is 2.00 bits per heavy atom. The Hall–Kier alpha value is -0.900. The predicted molar refractivity (Wildman–Crippen MR) is 80.9 cm³/mol. The normalized spacial score (nSPS) is 12.5. The minimum atomic E-state index is -0.231. The average Bonchev–Trinajstić information content (AvgIpc) is 2.37. The molecule has 100 valence electrons. The number of aryl methyl sites for hydroxylation is 1. The molecular weight excluding hydrogens is 329 g/mol. The molecule has 2 N–H and O–H groups in total. The maximum atomic E-state index is 13.3. The summed E-state index contributed by atoms with van der Waals surface area (Å²) in [6.45, 7) is 1.96. The Bertz CT molecular complexity index is 601. The van der Waals surface area contributed by atoms with Crippen molar-refractivity contribution in [3.63, 3.8) is 0 Å². The fourth-order valence-electron chi connectivity index (χ4n) is 1.96. The number of halogens is 3. The van der Waals surface area contributed by atoms with Gasteiger partial charge in [-0.3, -0.25) is 0 Å². The number of rotatable bonds is 3. The molecule has 1 nitrogen and oxygen atoms in total. The zero-order valence-corrected chi connectivity index (χ0v) is 12.8. The lowest BCUT2D eigenvalue weighted by atomic mass is 9.97. The third kappa shape index (κ3) is 3.56. The molecule has 2 rings (SSSR count). The van der Waals surface area contributed by atoms with Crippen LogP contribution < -0.4 is 5.73 Å². The maximum Gasteiger partial charge on any atom is 0.123 e. The van der Waals surface area contributed by atoms with Gasteiger partial charge in [-0.1, -0.05) is 23.7 Å². The highest BCUT2D eigenvalue weighted by Gasteiger charge is 2.11. The molecule has 2 aromatic rings. The van der Waals surface area contributed by atoms with E-state index in [1.807, 2.05) is 19.1 Å². The van der Waals surface area contributed by atoms with Gasteiger partial charge in [-0.15, -0.1) is 0 Å². The van der Waals surface area contributed by atoms with Crippen LogP contribution in [0.1, 0.15) is 22.7 Å². The highest BCUT2D eigenvalue weighted by atomic mass is 79.9. The van der Waals surface area contributed by atoms with Crippen molar-refractivity contribution >= 4 is 27.5 Å². The van der Waals surface area contributed by atoms with Gasteiger partial charge in [0.2, 0.25) is 0 Å². The SMILES string of the molecule is Cc1ccc(F)cc1CC(N)c1ccc(Cl)c(Br)c1. The van der Waals surface area contributed by atoms with Crippen LogP contribution in [0.15, 0.2) is 40.9 Å². The summed E-state index contributed by atoms with van der Waals surface area (Å²) < 4.78 is 14.1. The summed E-state index contributed by atoms with van der Waals surface area (Å²) in [6.07, 6.45) is 0.595. The second kappa shape index (κ2) is 6.04. The van der Waals surface area contributed by atoms with E-state index in [0.717, 1.165) is 21.2 Å². The third-order valence-electron chi connectivity index (χ3n) is 3.12. The minimum absolute atomic E-state index is 0.186. The first-order valence-corrected chi connectivity index (χ1v) is 7.10. The summed E-state index contributed by atoms with van der Waals surface area (Å²) in [7, 11) is 0. The maximum absolute atomic E-state index is 13.3. The molecular formula is C15H14BrClFN. The average molecular weight is 343 g/mol. The summed E-state index contributed by atoms with van der Waals surface area (Å²) in [4.78, 5) is 0. The van der Waals surface area contributed by atoms with Crippen molar-refractivity contribution in [2.45, 2.75) is 19.4 Å². The lowest BCUT2D eigenvalue weighted by Gasteiger charge is -2.14. The molecule has 0 radical (unpaired) electrons. The van der Waals surface area contributed by atoms with E-state index in [4.69, 9.17) is 17.3 Å². The van der Waals surface area contributed by atoms with Crippen LogP contribution in [-0.4, -0.2) is 0 Å². The van der Waals surface area contributed by atoms with Crippen LogP contribution in [0.5, 0.6) is 0 Å². The molecule has 0 aliphatic carbocycles. The van der Waals surface area contributed by atoms with E-state index >= 15 is 0 Å². The van der Waals surface area contributed by atoms with Gasteiger partial charge >= 0.3 is 0 Å². The van der Waals surface area contributed by atoms with Crippen LogP contribution in [-0.2, 0) is 6.42 Å². The molecule has 0 bridgehead atoms. The first kappa shape index (κ1) is 14.5. The fourth-order valence-corrected chi connectivity index (χ4v) is 2.47. The molecule has 0 aliphatic heterocycles. The van der Waals surface area contributed by atoms with Gasteiger partial charge in [0.15, 0.2) is 0 Å². The van der Waals surface area contributed by atoms with Gasteiger partial charge in [-0.25, -0.2) is 4.39 Å². The second-order valence-electron chi connectivity index (χ2n) is 4.55. The molecule has 0 heterocycles. The summed E-state index contributed by atoms with van der Waals surface area (Å²) in [6, 6.07) is 10.2. The molecule has 0 aromatic heterocycles. The Labute approximate surface area is 125 Å². The Morgan fingerprint density at radius 1 is 1.26 bits per heavy atom. The minimum Gasteiger partial charge on any atom is -0.324 e. The molecule has 2 aromatic carbocycles. The molecule has 0 fully saturated rings. The highest BCUT2D eigenvalue weighted by Crippen LogP contribution is 2.27. The summed E-state index contributed by atoms with van der Waals surface area (Å²) in [5.74, 6) is -0.231. The molecule has 19 heavy (non-hydrogen) atoms. The number of hydrogen-bond acceptors (Lipinski definition) is 1. The molecule has 0 saturated carbocycles. The standard InChI is InChI=1S/C15H14BrClFN/c1-9-2-4-12(18)6-11(9)8-15(19)10-3-5-14(17)13(16)7-10/h2-7,15H,8,19H2,1H3. The van der Waals surface area contributed by atoms with Gasteiger partial charge in [0.25, 0.3) is 0 Å². The van der Waals surface area contributed by atoms with Crippen LogP contribution in [0.25, 0.3) is 0 Å². The molecule has 0 amide bonds. The van der Waals surface area contributed by atoms with Gasteiger partial charge in [-0.2, -0.15) is 0 Å². The van der Waals surface area contributed by atoms with Crippen molar-refractivity contribution in [2.75, 3.05) is 0 Å². The van der Waals surface area contributed by atoms with E-state index in [1.54, 1.807) is 18.2 Å². The highest BCUT2D eigenvalue weighted by molar-refractivity contribution is 9.10. The molecule has 4 heteroatoms. The summed E-state index contributed by atoms with van der Waals surface area (Å²) in [5, 5.41) is 0.651. The zero-order valence-electron chi connectivity index (χ0n) is 10.5. The van der Waals surface area contributed by atoms with Crippen LogP contribution in [0.3, 0.4) is 0 Å². The topological polar surface area (TPSA) is 26.0 Å². The Balaban J connectivity index is 2.22. The van der Waals surface area contributed by atoms with Gasteiger partial charge in [-0.05, 0) is 70.2 Å². The van der Waals surface area contributed by atoms with Gasteiger partial charge in [0.1, 0.15) is 5.82 Å². The lowest BCUT2D eigenvalue weighted by molar-refractivity contribution is 0.621. The first-order chi connectivity index (χ1) is 8.97. The predicted octanol–water partition coefficient (Wildman–Crippen LogP) is 4.79. The zero-order chi connectivity index (χ0) is 14.0. The van der Waals surface area contributed by atoms with Crippen molar-refractivity contribution in [1.82, 2.24) is 0 Å².